The van der Waals surface area contributed by atoms with E-state index in [1.54, 1.807) is 0 Å². The Morgan fingerprint density at radius 1 is 1.29 bits per heavy atom. The maximum Gasteiger partial charge on any atom is 0.122 e. The zero-order chi connectivity index (χ0) is 10.4. The van der Waals surface area contributed by atoms with E-state index in [1.807, 2.05) is 19.2 Å². The fourth-order valence-corrected chi connectivity index (χ4v) is 1.34. The number of para-hydroxylation sites is 1. The summed E-state index contributed by atoms with van der Waals surface area (Å²) in [6, 6.07) is 8.22. The van der Waals surface area contributed by atoms with Crippen molar-refractivity contribution in [3.8, 4) is 5.75 Å². The minimum atomic E-state index is 0.241. The van der Waals surface area contributed by atoms with Crippen LogP contribution in [0.2, 0.25) is 0 Å². The van der Waals surface area contributed by atoms with E-state index in [4.69, 9.17) is 4.74 Å². The number of nitrogens with one attached hydrogen (secondary N) is 1. The van der Waals surface area contributed by atoms with Gasteiger partial charge in [-0.2, -0.15) is 0 Å². The highest BCUT2D eigenvalue weighted by atomic mass is 16.5. The van der Waals surface area contributed by atoms with Gasteiger partial charge < -0.3 is 10.1 Å². The van der Waals surface area contributed by atoms with Gasteiger partial charge in [0.15, 0.2) is 0 Å². The molecule has 0 amide bonds. The Morgan fingerprint density at radius 2 is 2.00 bits per heavy atom. The summed E-state index contributed by atoms with van der Waals surface area (Å²) in [5.74, 6) is 1.01. The van der Waals surface area contributed by atoms with Crippen LogP contribution in [0.25, 0.3) is 0 Å². The van der Waals surface area contributed by atoms with E-state index in [9.17, 15) is 0 Å². The Bertz CT molecular complexity index is 271. The van der Waals surface area contributed by atoms with E-state index in [1.165, 1.54) is 5.56 Å². The molecule has 0 unspecified atom stereocenters. The SMILES string of the molecule is CNCCc1ccccc1OC(C)C. The first kappa shape index (κ1) is 11.1. The zero-order valence-electron chi connectivity index (χ0n) is 9.21. The minimum Gasteiger partial charge on any atom is -0.491 e. The van der Waals surface area contributed by atoms with Crippen molar-refractivity contribution in [2.75, 3.05) is 13.6 Å². The van der Waals surface area contributed by atoms with E-state index < -0.39 is 0 Å². The van der Waals surface area contributed by atoms with Crippen molar-refractivity contribution >= 4 is 0 Å². The molecule has 0 atom stereocenters. The second-order valence-electron chi connectivity index (χ2n) is 3.63. The van der Waals surface area contributed by atoms with E-state index in [0.717, 1.165) is 18.7 Å². The molecule has 0 aliphatic heterocycles. The summed E-state index contributed by atoms with van der Waals surface area (Å²) >= 11 is 0. The van der Waals surface area contributed by atoms with Gasteiger partial charge in [0.25, 0.3) is 0 Å². The normalized spacial score (nSPS) is 10.6. The number of hydrogen-bond acceptors (Lipinski definition) is 2. The lowest BCUT2D eigenvalue weighted by Crippen LogP contribution is -2.12. The van der Waals surface area contributed by atoms with Gasteiger partial charge in [0.05, 0.1) is 6.10 Å². The first-order valence-electron chi connectivity index (χ1n) is 5.13. The Hall–Kier alpha value is -1.02. The highest BCUT2D eigenvalue weighted by Crippen LogP contribution is 2.19. The first-order chi connectivity index (χ1) is 6.74. The van der Waals surface area contributed by atoms with Crippen molar-refractivity contribution in [2.24, 2.45) is 0 Å². The summed E-state index contributed by atoms with van der Waals surface area (Å²) in [6.45, 7) is 5.09. The summed E-state index contributed by atoms with van der Waals surface area (Å²) in [6.07, 6.45) is 1.25. The van der Waals surface area contributed by atoms with Gasteiger partial charge >= 0.3 is 0 Å². The third-order valence-corrected chi connectivity index (χ3v) is 1.98. The summed E-state index contributed by atoms with van der Waals surface area (Å²) < 4.78 is 5.71. The van der Waals surface area contributed by atoms with Gasteiger partial charge in [-0.05, 0) is 45.5 Å². The van der Waals surface area contributed by atoms with Gasteiger partial charge in [-0.15, -0.1) is 0 Å². The average molecular weight is 193 g/mol. The van der Waals surface area contributed by atoms with Gasteiger partial charge in [-0.25, -0.2) is 0 Å². The van der Waals surface area contributed by atoms with E-state index in [2.05, 4.69) is 31.3 Å². The maximum absolute atomic E-state index is 5.71. The molecule has 0 saturated heterocycles. The molecule has 0 aliphatic rings. The molecule has 2 heteroatoms. The van der Waals surface area contributed by atoms with Crippen molar-refractivity contribution in [2.45, 2.75) is 26.4 Å². The smallest absolute Gasteiger partial charge is 0.122 e. The van der Waals surface area contributed by atoms with Crippen LogP contribution < -0.4 is 10.1 Å². The first-order valence-corrected chi connectivity index (χ1v) is 5.13. The summed E-state index contributed by atoms with van der Waals surface area (Å²) in [7, 11) is 1.96. The van der Waals surface area contributed by atoms with Gasteiger partial charge in [0, 0.05) is 0 Å². The van der Waals surface area contributed by atoms with Crippen LogP contribution in [-0.2, 0) is 6.42 Å². The third-order valence-electron chi connectivity index (χ3n) is 1.98. The van der Waals surface area contributed by atoms with Crippen molar-refractivity contribution in [3.05, 3.63) is 29.8 Å². The molecule has 0 radical (unpaired) electrons. The minimum absolute atomic E-state index is 0.241. The molecule has 0 heterocycles. The summed E-state index contributed by atoms with van der Waals surface area (Å²) in [5, 5.41) is 3.14. The van der Waals surface area contributed by atoms with Crippen molar-refractivity contribution in [3.63, 3.8) is 0 Å². The molecule has 0 bridgehead atoms. The van der Waals surface area contributed by atoms with Gasteiger partial charge in [-0.3, -0.25) is 0 Å². The quantitative estimate of drug-likeness (QED) is 0.774. The average Bonchev–Trinajstić information content (AvgIpc) is 2.16. The van der Waals surface area contributed by atoms with Crippen LogP contribution >= 0.6 is 0 Å². The molecular weight excluding hydrogens is 174 g/mol. The second kappa shape index (κ2) is 5.66. The molecule has 0 saturated carbocycles. The zero-order valence-corrected chi connectivity index (χ0v) is 9.21. The summed E-state index contributed by atoms with van der Waals surface area (Å²) in [5.41, 5.74) is 1.27. The molecule has 78 valence electrons. The summed E-state index contributed by atoms with van der Waals surface area (Å²) in [4.78, 5) is 0. The largest absolute Gasteiger partial charge is 0.491 e. The highest BCUT2D eigenvalue weighted by Gasteiger charge is 2.03. The van der Waals surface area contributed by atoms with Crippen LogP contribution in [0.1, 0.15) is 19.4 Å². The lowest BCUT2D eigenvalue weighted by atomic mass is 10.1. The van der Waals surface area contributed by atoms with Crippen LogP contribution in [-0.4, -0.2) is 19.7 Å². The fraction of sp³-hybridized carbons (Fsp3) is 0.500. The molecule has 0 fully saturated rings. The molecule has 0 spiro atoms. The third kappa shape index (κ3) is 3.38. The van der Waals surface area contributed by atoms with Gasteiger partial charge in [-0.1, -0.05) is 18.2 Å². The van der Waals surface area contributed by atoms with Crippen molar-refractivity contribution < 1.29 is 4.74 Å². The molecule has 1 N–H and O–H groups in total. The Morgan fingerprint density at radius 3 is 2.64 bits per heavy atom. The Balaban J connectivity index is 2.69. The molecule has 2 nitrogen and oxygen atoms in total. The maximum atomic E-state index is 5.71. The topological polar surface area (TPSA) is 21.3 Å². The molecule has 1 aromatic carbocycles. The predicted molar refractivity (Wildman–Crippen MR) is 59.8 cm³/mol. The van der Waals surface area contributed by atoms with Crippen LogP contribution in [0.3, 0.4) is 0 Å². The Kier molecular flexibility index (Phi) is 4.47. The number of likely N-dealkylation sites (N-methyl/N-ethyl adjacent to an activating group) is 1. The van der Waals surface area contributed by atoms with Crippen LogP contribution in [0.5, 0.6) is 5.75 Å². The molecule has 14 heavy (non-hydrogen) atoms. The molecule has 1 aromatic rings. The van der Waals surface area contributed by atoms with E-state index in [0.29, 0.717) is 0 Å². The number of hydrogen-bond donors (Lipinski definition) is 1. The molecule has 0 aromatic heterocycles. The van der Waals surface area contributed by atoms with Crippen LogP contribution in [0, 0.1) is 0 Å². The van der Waals surface area contributed by atoms with Crippen LogP contribution in [0.4, 0.5) is 0 Å². The Labute approximate surface area is 86.3 Å². The van der Waals surface area contributed by atoms with Crippen LogP contribution in [0.15, 0.2) is 24.3 Å². The second-order valence-corrected chi connectivity index (χ2v) is 3.63. The van der Waals surface area contributed by atoms with E-state index in [-0.39, 0.29) is 6.10 Å². The standard InChI is InChI=1S/C12H19NO/c1-10(2)14-12-7-5-4-6-11(12)8-9-13-3/h4-7,10,13H,8-9H2,1-3H3. The lowest BCUT2D eigenvalue weighted by Gasteiger charge is -2.13. The molecular formula is C12H19NO. The number of benzene rings is 1. The molecule has 1 rings (SSSR count). The fourth-order valence-electron chi connectivity index (χ4n) is 1.34. The van der Waals surface area contributed by atoms with Gasteiger partial charge in [0.1, 0.15) is 5.75 Å². The highest BCUT2D eigenvalue weighted by molar-refractivity contribution is 5.33. The number of ether oxygens (including phenoxy) is 1. The number of rotatable bonds is 5. The van der Waals surface area contributed by atoms with E-state index >= 15 is 0 Å². The lowest BCUT2D eigenvalue weighted by molar-refractivity contribution is 0.240. The molecule has 0 aliphatic carbocycles. The monoisotopic (exact) mass is 193 g/mol. The van der Waals surface area contributed by atoms with Gasteiger partial charge in [0.2, 0.25) is 0 Å². The van der Waals surface area contributed by atoms with Crippen molar-refractivity contribution in [1.29, 1.82) is 0 Å². The van der Waals surface area contributed by atoms with Crippen molar-refractivity contribution in [1.82, 2.24) is 5.32 Å². The predicted octanol–water partition coefficient (Wildman–Crippen LogP) is 2.24.